The Kier molecular flexibility index (Phi) is 3.84. The van der Waals surface area contributed by atoms with Crippen molar-refractivity contribution < 1.29 is 14.6 Å². The Bertz CT molecular complexity index is 166. The molecule has 1 N–H and O–H groups in total. The minimum atomic E-state index is -0.329. The predicted octanol–water partition coefficient (Wildman–Crippen LogP) is -0.484. The van der Waals surface area contributed by atoms with E-state index in [1.54, 1.807) is 0 Å². The highest BCUT2D eigenvalue weighted by molar-refractivity contribution is 5.60. The Morgan fingerprint density at radius 2 is 2.46 bits per heavy atom. The average Bonchev–Trinajstić information content (AvgIpc) is 2.54. The number of likely N-dealkylation sites (N-methyl/N-ethyl adjacent to an activating group) is 1. The van der Waals surface area contributed by atoms with Crippen molar-refractivity contribution in [3.63, 3.8) is 0 Å². The van der Waals surface area contributed by atoms with Gasteiger partial charge in [0.05, 0.1) is 18.6 Å². The molecular formula is C9H17NO3. The fourth-order valence-electron chi connectivity index (χ4n) is 1.67. The first-order valence-electron chi connectivity index (χ1n) is 4.56. The Labute approximate surface area is 78.5 Å². The molecule has 0 aliphatic carbocycles. The second kappa shape index (κ2) is 4.69. The molecule has 1 fully saturated rings. The van der Waals surface area contributed by atoms with Crippen molar-refractivity contribution in [1.82, 2.24) is 4.90 Å². The van der Waals surface area contributed by atoms with Crippen molar-refractivity contribution in [3.8, 4) is 0 Å². The van der Waals surface area contributed by atoms with Gasteiger partial charge in [0.15, 0.2) is 0 Å². The van der Waals surface area contributed by atoms with E-state index >= 15 is 0 Å². The van der Waals surface area contributed by atoms with Crippen LogP contribution in [0.3, 0.4) is 0 Å². The minimum absolute atomic E-state index is 0.131. The molecule has 0 radical (unpaired) electrons. The number of aliphatic hydroxyl groups excluding tert-OH is 1. The van der Waals surface area contributed by atoms with Gasteiger partial charge in [-0.05, 0) is 13.5 Å². The van der Waals surface area contributed by atoms with Crippen molar-refractivity contribution in [2.24, 2.45) is 5.41 Å². The largest absolute Gasteiger partial charge is 0.395 e. The summed E-state index contributed by atoms with van der Waals surface area (Å²) in [6, 6.07) is 0. The quantitative estimate of drug-likeness (QED) is 0.590. The van der Waals surface area contributed by atoms with E-state index in [9.17, 15) is 4.79 Å². The topological polar surface area (TPSA) is 49.8 Å². The molecule has 1 aliphatic rings. The maximum Gasteiger partial charge on any atom is 0.129 e. The fourth-order valence-corrected chi connectivity index (χ4v) is 1.67. The van der Waals surface area contributed by atoms with Crippen LogP contribution in [0.4, 0.5) is 0 Å². The number of carbonyl (C=O) groups is 1. The third-order valence-electron chi connectivity index (χ3n) is 2.45. The lowest BCUT2D eigenvalue weighted by molar-refractivity contribution is -0.117. The summed E-state index contributed by atoms with van der Waals surface area (Å²) in [5, 5.41) is 8.71. The monoisotopic (exact) mass is 187 g/mol. The molecule has 1 saturated heterocycles. The SMILES string of the molecule is CN(CCO)CC1(C=O)CCOC1. The lowest BCUT2D eigenvalue weighted by atomic mass is 9.89. The van der Waals surface area contributed by atoms with Crippen molar-refractivity contribution in [3.05, 3.63) is 0 Å². The summed E-state index contributed by atoms with van der Waals surface area (Å²) in [6.07, 6.45) is 1.79. The van der Waals surface area contributed by atoms with E-state index < -0.39 is 0 Å². The Morgan fingerprint density at radius 3 is 2.92 bits per heavy atom. The highest BCUT2D eigenvalue weighted by Gasteiger charge is 2.35. The molecule has 1 unspecified atom stereocenters. The summed E-state index contributed by atoms with van der Waals surface area (Å²) in [5.41, 5.74) is -0.329. The van der Waals surface area contributed by atoms with Crippen LogP contribution in [0.1, 0.15) is 6.42 Å². The highest BCUT2D eigenvalue weighted by atomic mass is 16.5. The van der Waals surface area contributed by atoms with Crippen molar-refractivity contribution in [2.45, 2.75) is 6.42 Å². The van der Waals surface area contributed by atoms with Crippen LogP contribution in [-0.2, 0) is 9.53 Å². The van der Waals surface area contributed by atoms with E-state index in [4.69, 9.17) is 9.84 Å². The van der Waals surface area contributed by atoms with Crippen LogP contribution in [0.15, 0.2) is 0 Å². The van der Waals surface area contributed by atoms with Crippen molar-refractivity contribution >= 4 is 6.29 Å². The highest BCUT2D eigenvalue weighted by Crippen LogP contribution is 2.26. The van der Waals surface area contributed by atoms with Gasteiger partial charge in [0.2, 0.25) is 0 Å². The smallest absolute Gasteiger partial charge is 0.129 e. The number of carbonyl (C=O) groups excluding carboxylic acids is 1. The number of aldehydes is 1. The molecular weight excluding hydrogens is 170 g/mol. The average molecular weight is 187 g/mol. The van der Waals surface area contributed by atoms with Gasteiger partial charge >= 0.3 is 0 Å². The van der Waals surface area contributed by atoms with Gasteiger partial charge in [-0.25, -0.2) is 0 Å². The summed E-state index contributed by atoms with van der Waals surface area (Å²) in [6.45, 7) is 2.61. The molecule has 13 heavy (non-hydrogen) atoms. The van der Waals surface area contributed by atoms with Gasteiger partial charge in [-0.15, -0.1) is 0 Å². The first kappa shape index (κ1) is 10.6. The number of hydrogen-bond donors (Lipinski definition) is 1. The molecule has 1 atom stereocenters. The third-order valence-corrected chi connectivity index (χ3v) is 2.45. The minimum Gasteiger partial charge on any atom is -0.395 e. The summed E-state index contributed by atoms with van der Waals surface area (Å²) in [4.78, 5) is 12.9. The van der Waals surface area contributed by atoms with Crippen LogP contribution in [0.5, 0.6) is 0 Å². The van der Waals surface area contributed by atoms with E-state index in [1.807, 2.05) is 11.9 Å². The summed E-state index contributed by atoms with van der Waals surface area (Å²) < 4.78 is 5.21. The number of rotatable bonds is 5. The van der Waals surface area contributed by atoms with E-state index in [0.29, 0.717) is 26.3 Å². The van der Waals surface area contributed by atoms with Gasteiger partial charge in [0.25, 0.3) is 0 Å². The first-order valence-corrected chi connectivity index (χ1v) is 4.56. The zero-order chi connectivity index (χ0) is 9.73. The molecule has 1 heterocycles. The Hall–Kier alpha value is -0.450. The van der Waals surface area contributed by atoms with E-state index in [0.717, 1.165) is 12.7 Å². The van der Waals surface area contributed by atoms with E-state index in [2.05, 4.69) is 0 Å². The molecule has 0 aromatic heterocycles. The molecule has 1 aliphatic heterocycles. The van der Waals surface area contributed by atoms with Crippen LogP contribution in [0.2, 0.25) is 0 Å². The maximum absolute atomic E-state index is 10.9. The summed E-state index contributed by atoms with van der Waals surface area (Å²) >= 11 is 0. The Balaban J connectivity index is 2.43. The molecule has 0 saturated carbocycles. The normalized spacial score (nSPS) is 28.2. The van der Waals surface area contributed by atoms with Gasteiger partial charge in [0, 0.05) is 19.7 Å². The molecule has 4 heteroatoms. The van der Waals surface area contributed by atoms with Crippen molar-refractivity contribution in [1.29, 1.82) is 0 Å². The molecule has 76 valence electrons. The zero-order valence-electron chi connectivity index (χ0n) is 8.03. The number of ether oxygens (including phenoxy) is 1. The van der Waals surface area contributed by atoms with Gasteiger partial charge in [-0.3, -0.25) is 0 Å². The molecule has 1 rings (SSSR count). The van der Waals surface area contributed by atoms with Gasteiger partial charge in [-0.2, -0.15) is 0 Å². The molecule has 0 aromatic rings. The van der Waals surface area contributed by atoms with E-state index in [1.165, 1.54) is 0 Å². The number of hydrogen-bond acceptors (Lipinski definition) is 4. The van der Waals surface area contributed by atoms with Gasteiger partial charge in [-0.1, -0.05) is 0 Å². The second-order valence-corrected chi connectivity index (χ2v) is 3.74. The lowest BCUT2D eigenvalue weighted by Gasteiger charge is -2.26. The third kappa shape index (κ3) is 2.76. The molecule has 0 amide bonds. The predicted molar refractivity (Wildman–Crippen MR) is 48.5 cm³/mol. The maximum atomic E-state index is 10.9. The van der Waals surface area contributed by atoms with Crippen LogP contribution in [0, 0.1) is 5.41 Å². The van der Waals surface area contributed by atoms with Gasteiger partial charge < -0.3 is 19.5 Å². The molecule has 0 spiro atoms. The molecule has 4 nitrogen and oxygen atoms in total. The van der Waals surface area contributed by atoms with Crippen molar-refractivity contribution in [2.75, 3.05) is 40.0 Å². The van der Waals surface area contributed by atoms with Crippen LogP contribution in [-0.4, -0.2) is 56.3 Å². The lowest BCUT2D eigenvalue weighted by Crippen LogP contribution is -2.38. The fraction of sp³-hybridized carbons (Fsp3) is 0.889. The Morgan fingerprint density at radius 1 is 1.69 bits per heavy atom. The summed E-state index contributed by atoms with van der Waals surface area (Å²) in [7, 11) is 1.90. The molecule has 0 bridgehead atoms. The second-order valence-electron chi connectivity index (χ2n) is 3.74. The molecule has 0 aromatic carbocycles. The standard InChI is InChI=1S/C9H17NO3/c1-10(3-4-11)6-9(7-12)2-5-13-8-9/h7,11H,2-6,8H2,1H3. The number of aliphatic hydroxyl groups is 1. The van der Waals surface area contributed by atoms with Gasteiger partial charge in [0.1, 0.15) is 6.29 Å². The van der Waals surface area contributed by atoms with E-state index in [-0.39, 0.29) is 12.0 Å². The zero-order valence-corrected chi connectivity index (χ0v) is 8.03. The van der Waals surface area contributed by atoms with Crippen LogP contribution in [0.25, 0.3) is 0 Å². The first-order chi connectivity index (χ1) is 6.22. The van der Waals surface area contributed by atoms with Crippen LogP contribution >= 0.6 is 0 Å². The summed E-state index contributed by atoms with van der Waals surface area (Å²) in [5.74, 6) is 0. The number of nitrogens with zero attached hydrogens (tertiary/aromatic N) is 1. The van der Waals surface area contributed by atoms with Crippen LogP contribution < -0.4 is 0 Å².